The first kappa shape index (κ1) is 20.3. The van der Waals surface area contributed by atoms with Gasteiger partial charge in [0, 0.05) is 51.1 Å². The molecule has 1 atom stereocenters. The monoisotopic (exact) mass is 402 g/mol. The minimum Gasteiger partial charge on any atom is -0.362 e. The molecule has 0 bridgehead atoms. The van der Waals surface area contributed by atoms with Crippen LogP contribution in [0.5, 0.6) is 0 Å². The van der Waals surface area contributed by atoms with Gasteiger partial charge in [-0.05, 0) is 31.0 Å². The number of aromatic nitrogens is 1. The molecule has 1 N–H and O–H groups in total. The Labute approximate surface area is 166 Å². The van der Waals surface area contributed by atoms with Gasteiger partial charge in [-0.1, -0.05) is 24.3 Å². The predicted molar refractivity (Wildman–Crippen MR) is 110 cm³/mol. The van der Waals surface area contributed by atoms with E-state index in [9.17, 15) is 13.2 Å². The van der Waals surface area contributed by atoms with Gasteiger partial charge in [0.1, 0.15) is 5.82 Å². The molecule has 1 aliphatic rings. The molecule has 2 aromatic rings. The standard InChI is InChI=1S/C20H26N4O3S/c1-23(2)19-17(10-6-12-21-19)14-22-28(26,27)18-11-7-13-24(15-18)20(25)16-8-4-3-5-9-16/h3-6,8-10,12,18,22H,7,11,13-15H2,1-2H3/t18-/m1/s1. The van der Waals surface area contributed by atoms with Crippen LogP contribution < -0.4 is 9.62 Å². The molecule has 1 amide bonds. The number of hydrogen-bond acceptors (Lipinski definition) is 5. The summed E-state index contributed by atoms with van der Waals surface area (Å²) in [5, 5.41) is -0.617. The zero-order valence-electron chi connectivity index (χ0n) is 16.2. The zero-order chi connectivity index (χ0) is 20.1. The number of carbonyl (C=O) groups is 1. The highest BCUT2D eigenvalue weighted by molar-refractivity contribution is 7.90. The summed E-state index contributed by atoms with van der Waals surface area (Å²) in [6.45, 7) is 0.955. The average Bonchev–Trinajstić information content (AvgIpc) is 2.72. The van der Waals surface area contributed by atoms with Crippen LogP contribution in [0.4, 0.5) is 5.82 Å². The lowest BCUT2D eigenvalue weighted by Gasteiger charge is -2.32. The maximum atomic E-state index is 12.9. The van der Waals surface area contributed by atoms with E-state index >= 15 is 0 Å². The van der Waals surface area contributed by atoms with Crippen LogP contribution in [0.3, 0.4) is 0 Å². The number of amides is 1. The molecule has 0 spiro atoms. The maximum Gasteiger partial charge on any atom is 0.253 e. The van der Waals surface area contributed by atoms with E-state index < -0.39 is 15.3 Å². The highest BCUT2D eigenvalue weighted by Crippen LogP contribution is 2.20. The molecule has 1 saturated heterocycles. The van der Waals surface area contributed by atoms with Crippen molar-refractivity contribution in [3.05, 3.63) is 59.8 Å². The van der Waals surface area contributed by atoms with Crippen molar-refractivity contribution in [2.24, 2.45) is 0 Å². The van der Waals surface area contributed by atoms with Crippen molar-refractivity contribution in [2.75, 3.05) is 32.1 Å². The van der Waals surface area contributed by atoms with Gasteiger partial charge < -0.3 is 9.80 Å². The first-order chi connectivity index (χ1) is 13.4. The molecule has 1 aliphatic heterocycles. The summed E-state index contributed by atoms with van der Waals surface area (Å²) in [5.41, 5.74) is 1.39. The molecular weight excluding hydrogens is 376 g/mol. The number of hydrogen-bond donors (Lipinski definition) is 1. The molecule has 150 valence electrons. The van der Waals surface area contributed by atoms with Gasteiger partial charge in [-0.3, -0.25) is 4.79 Å². The number of likely N-dealkylation sites (tertiary alicyclic amines) is 1. The number of nitrogens with zero attached hydrogens (tertiary/aromatic N) is 3. The van der Waals surface area contributed by atoms with Gasteiger partial charge in [0.25, 0.3) is 5.91 Å². The van der Waals surface area contributed by atoms with E-state index in [0.29, 0.717) is 24.9 Å². The molecule has 2 heterocycles. The van der Waals surface area contributed by atoms with Crippen molar-refractivity contribution >= 4 is 21.7 Å². The highest BCUT2D eigenvalue weighted by Gasteiger charge is 2.33. The van der Waals surface area contributed by atoms with E-state index in [0.717, 1.165) is 11.4 Å². The van der Waals surface area contributed by atoms with Crippen LogP contribution in [0.15, 0.2) is 48.7 Å². The van der Waals surface area contributed by atoms with Crippen molar-refractivity contribution in [2.45, 2.75) is 24.6 Å². The Balaban J connectivity index is 1.67. The SMILES string of the molecule is CN(C)c1ncccc1CNS(=O)(=O)[C@@H]1CCCN(C(=O)c2ccccc2)C1. The third-order valence-corrected chi connectivity index (χ3v) is 6.69. The largest absolute Gasteiger partial charge is 0.362 e. The van der Waals surface area contributed by atoms with Crippen molar-refractivity contribution in [1.82, 2.24) is 14.6 Å². The summed E-state index contributed by atoms with van der Waals surface area (Å²) in [5.74, 6) is 0.609. The lowest BCUT2D eigenvalue weighted by Crippen LogP contribution is -2.48. The number of sulfonamides is 1. The maximum absolute atomic E-state index is 12.9. The zero-order valence-corrected chi connectivity index (χ0v) is 17.0. The molecule has 8 heteroatoms. The normalized spacial score (nSPS) is 17.4. The Morgan fingerprint density at radius 1 is 1.21 bits per heavy atom. The van der Waals surface area contributed by atoms with E-state index in [1.54, 1.807) is 29.3 Å². The van der Waals surface area contributed by atoms with Gasteiger partial charge in [0.15, 0.2) is 0 Å². The average molecular weight is 403 g/mol. The molecule has 3 rings (SSSR count). The predicted octanol–water partition coefficient (Wildman–Crippen LogP) is 1.87. The fourth-order valence-corrected chi connectivity index (χ4v) is 4.85. The smallest absolute Gasteiger partial charge is 0.253 e. The minimum absolute atomic E-state index is 0.123. The topological polar surface area (TPSA) is 82.6 Å². The molecule has 0 saturated carbocycles. The van der Waals surface area contributed by atoms with E-state index in [-0.39, 0.29) is 19.0 Å². The lowest BCUT2D eigenvalue weighted by molar-refractivity contribution is 0.0726. The number of benzene rings is 1. The van der Waals surface area contributed by atoms with E-state index in [4.69, 9.17) is 0 Å². The van der Waals surface area contributed by atoms with Crippen LogP contribution in [-0.2, 0) is 16.6 Å². The number of carbonyl (C=O) groups excluding carboxylic acids is 1. The van der Waals surface area contributed by atoms with Crippen molar-refractivity contribution < 1.29 is 13.2 Å². The van der Waals surface area contributed by atoms with Gasteiger partial charge in [-0.25, -0.2) is 18.1 Å². The lowest BCUT2D eigenvalue weighted by atomic mass is 10.1. The second kappa shape index (κ2) is 8.70. The Morgan fingerprint density at radius 3 is 2.68 bits per heavy atom. The number of nitrogens with one attached hydrogen (secondary N) is 1. The summed E-state index contributed by atoms with van der Waals surface area (Å²) in [4.78, 5) is 20.5. The van der Waals surface area contributed by atoms with Crippen LogP contribution >= 0.6 is 0 Å². The van der Waals surface area contributed by atoms with Crippen LogP contribution in [0.25, 0.3) is 0 Å². The molecular formula is C20H26N4O3S. The molecule has 0 aliphatic carbocycles. The summed E-state index contributed by atoms with van der Waals surface area (Å²) in [7, 11) is 0.176. The van der Waals surface area contributed by atoms with Crippen LogP contribution in [-0.4, -0.2) is 56.6 Å². The Morgan fingerprint density at radius 2 is 1.96 bits per heavy atom. The van der Waals surface area contributed by atoms with Crippen molar-refractivity contribution in [3.8, 4) is 0 Å². The molecule has 1 fully saturated rings. The summed E-state index contributed by atoms with van der Waals surface area (Å²) < 4.78 is 28.4. The number of piperidine rings is 1. The first-order valence-corrected chi connectivity index (χ1v) is 10.9. The van der Waals surface area contributed by atoms with Gasteiger partial charge in [-0.2, -0.15) is 0 Å². The van der Waals surface area contributed by atoms with E-state index in [1.807, 2.05) is 43.3 Å². The Hall–Kier alpha value is -2.45. The van der Waals surface area contributed by atoms with Gasteiger partial charge in [0.2, 0.25) is 10.0 Å². The van der Waals surface area contributed by atoms with E-state index in [1.165, 1.54) is 0 Å². The van der Waals surface area contributed by atoms with Crippen LogP contribution in [0.2, 0.25) is 0 Å². The Kier molecular flexibility index (Phi) is 6.31. The quantitative estimate of drug-likeness (QED) is 0.798. The Bertz CT molecular complexity index is 916. The minimum atomic E-state index is -3.56. The molecule has 0 unspecified atom stereocenters. The molecule has 0 radical (unpaired) electrons. The number of rotatable bonds is 6. The van der Waals surface area contributed by atoms with Crippen molar-refractivity contribution in [3.63, 3.8) is 0 Å². The third-order valence-electron chi connectivity index (χ3n) is 4.88. The van der Waals surface area contributed by atoms with Gasteiger partial charge >= 0.3 is 0 Å². The number of anilines is 1. The molecule has 28 heavy (non-hydrogen) atoms. The highest BCUT2D eigenvalue weighted by atomic mass is 32.2. The number of pyridine rings is 1. The van der Waals surface area contributed by atoms with Crippen LogP contribution in [0.1, 0.15) is 28.8 Å². The van der Waals surface area contributed by atoms with Crippen LogP contribution in [0, 0.1) is 0 Å². The summed E-state index contributed by atoms with van der Waals surface area (Å²) >= 11 is 0. The summed E-state index contributed by atoms with van der Waals surface area (Å²) in [6.07, 6.45) is 2.89. The fraction of sp³-hybridized carbons (Fsp3) is 0.400. The second-order valence-electron chi connectivity index (χ2n) is 7.13. The van der Waals surface area contributed by atoms with Gasteiger partial charge in [0.05, 0.1) is 5.25 Å². The van der Waals surface area contributed by atoms with Gasteiger partial charge in [-0.15, -0.1) is 0 Å². The second-order valence-corrected chi connectivity index (χ2v) is 9.17. The molecule has 7 nitrogen and oxygen atoms in total. The summed E-state index contributed by atoms with van der Waals surface area (Å²) in [6, 6.07) is 12.6. The van der Waals surface area contributed by atoms with Crippen molar-refractivity contribution in [1.29, 1.82) is 0 Å². The molecule has 1 aromatic carbocycles. The fourth-order valence-electron chi connectivity index (χ4n) is 3.41. The van der Waals surface area contributed by atoms with E-state index in [2.05, 4.69) is 9.71 Å². The molecule has 1 aromatic heterocycles. The first-order valence-electron chi connectivity index (χ1n) is 9.32. The third kappa shape index (κ3) is 4.69.